The fourth-order valence-corrected chi connectivity index (χ4v) is 3.27. The summed E-state index contributed by atoms with van der Waals surface area (Å²) < 4.78 is 35.8. The van der Waals surface area contributed by atoms with E-state index in [0.717, 1.165) is 0 Å². The Kier molecular flexibility index (Phi) is 4.30. The van der Waals surface area contributed by atoms with Crippen LogP contribution in [0.5, 0.6) is 0 Å². The summed E-state index contributed by atoms with van der Waals surface area (Å²) in [5, 5.41) is 0. The van der Waals surface area contributed by atoms with Crippen LogP contribution in [-0.4, -0.2) is 23.0 Å². The van der Waals surface area contributed by atoms with Crippen molar-refractivity contribution in [3.05, 3.63) is 0 Å². The van der Waals surface area contributed by atoms with Crippen LogP contribution >= 0.6 is 7.82 Å². The van der Waals surface area contributed by atoms with Crippen molar-refractivity contribution in [3.8, 4) is 0 Å². The molecule has 0 aromatic heterocycles. The highest BCUT2D eigenvalue weighted by Gasteiger charge is 2.41. The van der Waals surface area contributed by atoms with Gasteiger partial charge in [-0.2, -0.15) is 12.4 Å². The van der Waals surface area contributed by atoms with Crippen LogP contribution in [0.4, 0.5) is 0 Å². The molecule has 0 amide bonds. The Labute approximate surface area is 83.6 Å². The topological polar surface area (TPSA) is 101 Å². The smallest absolute Gasteiger partial charge is 0.302 e. The van der Waals surface area contributed by atoms with Gasteiger partial charge in [0.1, 0.15) is 0 Å². The van der Waals surface area contributed by atoms with Gasteiger partial charge in [-0.3, -0.25) is 0 Å². The molecule has 0 bridgehead atoms. The van der Waals surface area contributed by atoms with Gasteiger partial charge in [-0.05, 0) is 19.8 Å². The molecule has 0 rings (SSSR count). The third-order valence-corrected chi connectivity index (χ3v) is 5.64. The average Bonchev–Trinajstić information content (AvgIpc) is 1.98. The second-order valence-corrected chi connectivity index (χ2v) is 6.65. The highest BCUT2D eigenvalue weighted by Crippen LogP contribution is 2.42. The summed E-state index contributed by atoms with van der Waals surface area (Å²) >= 11 is 0. The second-order valence-electron chi connectivity index (χ2n) is 3.18. The van der Waals surface area contributed by atoms with E-state index < -0.39 is 22.7 Å². The molecule has 0 atom stereocenters. The normalized spacial score (nSPS) is 14.4. The van der Waals surface area contributed by atoms with Crippen LogP contribution in [0, 0.1) is 0 Å². The zero-order chi connectivity index (χ0) is 11.6. The van der Waals surface area contributed by atoms with Crippen LogP contribution in [0.3, 0.4) is 0 Å². The molecule has 0 aliphatic heterocycles. The number of rotatable bonds is 5. The molecule has 0 aromatic rings. The van der Waals surface area contributed by atoms with Gasteiger partial charge < -0.3 is 9.79 Å². The largest absolute Gasteiger partial charge is 0.484 e. The van der Waals surface area contributed by atoms with Gasteiger partial charge >= 0.3 is 7.82 Å². The molecule has 2 N–H and O–H groups in total. The first-order valence-corrected chi connectivity index (χ1v) is 7.03. The van der Waals surface area contributed by atoms with Crippen LogP contribution in [0.2, 0.25) is 0 Å². The van der Waals surface area contributed by atoms with Gasteiger partial charge in [-0.1, -0.05) is 13.8 Å². The third kappa shape index (κ3) is 3.33. The van der Waals surface area contributed by atoms with Crippen LogP contribution in [0.15, 0.2) is 0 Å². The fourth-order valence-electron chi connectivity index (χ4n) is 0.821. The molecule has 0 aliphatic carbocycles. The van der Waals surface area contributed by atoms with Gasteiger partial charge in [0, 0.05) is 0 Å². The van der Waals surface area contributed by atoms with Crippen LogP contribution in [0.25, 0.3) is 0 Å². The lowest BCUT2D eigenvalue weighted by molar-refractivity contribution is 0.278. The molecular formula is C6H15O6PS. The molecule has 0 heterocycles. The Balaban J connectivity index is 5.06. The predicted molar refractivity (Wildman–Crippen MR) is 51.0 cm³/mol. The highest BCUT2D eigenvalue weighted by atomic mass is 32.2. The summed E-state index contributed by atoms with van der Waals surface area (Å²) in [7, 11) is -9.24. The predicted octanol–water partition coefficient (Wildman–Crippen LogP) is 1.00. The maximum Gasteiger partial charge on any atom is 0.484 e. The van der Waals surface area contributed by atoms with E-state index >= 15 is 0 Å². The minimum absolute atomic E-state index is 0.228. The average molecular weight is 246 g/mol. The molecule has 86 valence electrons. The molecule has 8 heteroatoms. The highest BCUT2D eigenvalue weighted by molar-refractivity contribution is 7.91. The zero-order valence-corrected chi connectivity index (χ0v) is 10.0. The number of hydrogen-bond acceptors (Lipinski definition) is 4. The maximum atomic E-state index is 11.4. The van der Waals surface area contributed by atoms with E-state index in [2.05, 4.69) is 3.97 Å². The molecule has 0 saturated carbocycles. The first-order valence-electron chi connectivity index (χ1n) is 4.09. The monoisotopic (exact) mass is 246 g/mol. The van der Waals surface area contributed by atoms with Gasteiger partial charge in [-0.15, -0.1) is 0 Å². The maximum absolute atomic E-state index is 11.4. The van der Waals surface area contributed by atoms with Crippen LogP contribution < -0.4 is 0 Å². The van der Waals surface area contributed by atoms with E-state index in [1.54, 1.807) is 13.8 Å². The molecule has 6 nitrogen and oxygen atoms in total. The molecule has 0 spiro atoms. The lowest BCUT2D eigenvalue weighted by atomic mass is 10.1. The summed E-state index contributed by atoms with van der Waals surface area (Å²) in [6.45, 7) is 4.62. The minimum Gasteiger partial charge on any atom is -0.302 e. The molecule has 0 unspecified atom stereocenters. The van der Waals surface area contributed by atoms with Crippen molar-refractivity contribution in [1.29, 1.82) is 0 Å². The van der Waals surface area contributed by atoms with E-state index in [0.29, 0.717) is 0 Å². The van der Waals surface area contributed by atoms with E-state index in [1.807, 2.05) is 0 Å². The van der Waals surface area contributed by atoms with E-state index in [1.165, 1.54) is 6.92 Å². The van der Waals surface area contributed by atoms with Gasteiger partial charge in [-0.25, -0.2) is 4.57 Å². The number of phosphoric acid groups is 1. The van der Waals surface area contributed by atoms with E-state index in [-0.39, 0.29) is 12.8 Å². The third-order valence-electron chi connectivity index (χ3n) is 2.29. The standard InChI is InChI=1S/C6H15O6PS/c1-4-6(3,5-2)14(10,11)12-13(7,8)9/h4-5H2,1-3H3,(H2,7,8,9). The quantitative estimate of drug-likeness (QED) is 0.702. The van der Waals surface area contributed by atoms with Gasteiger partial charge in [0.05, 0.1) is 4.75 Å². The molecule has 0 radical (unpaired) electrons. The van der Waals surface area contributed by atoms with Gasteiger partial charge in [0.15, 0.2) is 0 Å². The summed E-state index contributed by atoms with van der Waals surface area (Å²) in [5.74, 6) is 0. The van der Waals surface area contributed by atoms with Crippen LogP contribution in [-0.2, 0) is 18.7 Å². The zero-order valence-electron chi connectivity index (χ0n) is 8.30. The summed E-state index contributed by atoms with van der Waals surface area (Å²) in [6.07, 6.45) is 0.456. The molecule has 0 aliphatic rings. The van der Waals surface area contributed by atoms with Crippen molar-refractivity contribution in [2.75, 3.05) is 0 Å². The summed E-state index contributed by atoms with van der Waals surface area (Å²) in [4.78, 5) is 16.8. The second kappa shape index (κ2) is 4.28. The van der Waals surface area contributed by atoms with E-state index in [9.17, 15) is 13.0 Å². The van der Waals surface area contributed by atoms with Crippen molar-refractivity contribution in [2.24, 2.45) is 0 Å². The van der Waals surface area contributed by atoms with E-state index in [4.69, 9.17) is 9.79 Å². The Morgan fingerprint density at radius 3 is 1.86 bits per heavy atom. The SMILES string of the molecule is CCC(C)(CC)S(=O)(=O)OP(=O)(O)O. The van der Waals surface area contributed by atoms with Crippen molar-refractivity contribution >= 4 is 17.9 Å². The first kappa shape index (κ1) is 14.1. The van der Waals surface area contributed by atoms with Gasteiger partial charge in [0.25, 0.3) is 10.1 Å². The lowest BCUT2D eigenvalue weighted by Gasteiger charge is -2.25. The van der Waals surface area contributed by atoms with Gasteiger partial charge in [0.2, 0.25) is 0 Å². The first-order chi connectivity index (χ1) is 6.08. The van der Waals surface area contributed by atoms with Crippen molar-refractivity contribution < 1.29 is 26.7 Å². The molecule has 0 saturated heterocycles. The Hall–Kier alpha value is 0.0600. The summed E-state index contributed by atoms with van der Waals surface area (Å²) in [6, 6.07) is 0. The molecule has 14 heavy (non-hydrogen) atoms. The Morgan fingerprint density at radius 2 is 1.64 bits per heavy atom. The Bertz CT molecular complexity index is 324. The minimum atomic E-state index is -5.00. The Morgan fingerprint density at radius 1 is 1.29 bits per heavy atom. The molecule has 0 fully saturated rings. The van der Waals surface area contributed by atoms with Crippen molar-refractivity contribution in [2.45, 2.75) is 38.4 Å². The van der Waals surface area contributed by atoms with Crippen molar-refractivity contribution in [3.63, 3.8) is 0 Å². The molecule has 0 aromatic carbocycles. The van der Waals surface area contributed by atoms with Crippen molar-refractivity contribution in [1.82, 2.24) is 0 Å². The summed E-state index contributed by atoms with van der Waals surface area (Å²) in [5.41, 5.74) is 0. The molecular weight excluding hydrogens is 231 g/mol. The lowest BCUT2D eigenvalue weighted by Crippen LogP contribution is -2.34. The van der Waals surface area contributed by atoms with Crippen LogP contribution in [0.1, 0.15) is 33.6 Å². The fraction of sp³-hybridized carbons (Fsp3) is 1.00. The number of hydrogen-bond donors (Lipinski definition) is 2.